The highest BCUT2D eigenvalue weighted by molar-refractivity contribution is 6.22. The Kier molecular flexibility index (Phi) is 9.89. The molecule has 0 bridgehead atoms. The molecule has 2 aromatic carbocycles. The Balaban J connectivity index is 1.69. The van der Waals surface area contributed by atoms with Crippen molar-refractivity contribution in [1.82, 2.24) is 0 Å². The lowest BCUT2D eigenvalue weighted by atomic mass is 9.66. The maximum absolute atomic E-state index is 13.7. The monoisotopic (exact) mass is 639 g/mol. The van der Waals surface area contributed by atoms with E-state index in [0.29, 0.717) is 41.0 Å². The molecule has 3 N–H and O–H groups in total. The molecule has 2 amide bonds. The Labute approximate surface area is 256 Å². The molecule has 1 heterocycles. The van der Waals surface area contributed by atoms with Crippen molar-refractivity contribution in [2.45, 2.75) is 64.9 Å². The van der Waals surface area contributed by atoms with E-state index in [1.807, 2.05) is 19.1 Å². The van der Waals surface area contributed by atoms with Gasteiger partial charge in [-0.2, -0.15) is 26.3 Å². The molecule has 6 nitrogen and oxygen atoms in total. The molecule has 45 heavy (non-hydrogen) atoms. The lowest BCUT2D eigenvalue weighted by molar-refractivity contribution is -0.143. The molecule has 2 aromatic rings. The zero-order valence-corrected chi connectivity index (χ0v) is 24.9. The van der Waals surface area contributed by atoms with Gasteiger partial charge in [0.25, 0.3) is 0 Å². The van der Waals surface area contributed by atoms with E-state index in [4.69, 9.17) is 0 Å². The third-order valence-electron chi connectivity index (χ3n) is 8.64. The van der Waals surface area contributed by atoms with Gasteiger partial charge in [0.1, 0.15) is 5.75 Å². The number of rotatable bonds is 9. The van der Waals surface area contributed by atoms with Crippen LogP contribution in [0.5, 0.6) is 5.75 Å². The molecule has 0 radical (unpaired) electrons. The number of aliphatic hydroxyl groups excluding tert-OH is 2. The number of carbonyl (C=O) groups excluding carboxylic acids is 2. The fraction of sp³-hybridized carbons (Fsp3) is 0.455. The van der Waals surface area contributed by atoms with Crippen molar-refractivity contribution in [1.29, 1.82) is 0 Å². The Bertz CT molecular complexity index is 1480. The highest BCUT2D eigenvalue weighted by Crippen LogP contribution is 2.50. The van der Waals surface area contributed by atoms with E-state index in [9.17, 15) is 51.3 Å². The molecule has 1 aliphatic carbocycles. The second-order valence-corrected chi connectivity index (χ2v) is 11.8. The van der Waals surface area contributed by atoms with Gasteiger partial charge >= 0.3 is 12.4 Å². The summed E-state index contributed by atoms with van der Waals surface area (Å²) < 4.78 is 81.4. The van der Waals surface area contributed by atoms with Gasteiger partial charge in [0.2, 0.25) is 11.8 Å². The third kappa shape index (κ3) is 7.12. The first-order chi connectivity index (χ1) is 21.0. The minimum absolute atomic E-state index is 0.0445. The number of amides is 2. The number of alkyl halides is 6. The molecular formula is C33H35F6NO5. The number of allylic oxidation sites excluding steroid dienone is 2. The van der Waals surface area contributed by atoms with Gasteiger partial charge in [-0.15, -0.1) is 0 Å². The van der Waals surface area contributed by atoms with Crippen LogP contribution in [0.15, 0.2) is 59.2 Å². The van der Waals surface area contributed by atoms with E-state index in [-0.39, 0.29) is 30.6 Å². The fourth-order valence-corrected chi connectivity index (χ4v) is 6.45. The number of imide groups is 1. The van der Waals surface area contributed by atoms with Gasteiger partial charge in [0.15, 0.2) is 0 Å². The highest BCUT2D eigenvalue weighted by Gasteiger charge is 2.56. The largest absolute Gasteiger partial charge is 0.508 e. The lowest BCUT2D eigenvalue weighted by Gasteiger charge is -2.38. The van der Waals surface area contributed by atoms with Crippen LogP contribution >= 0.6 is 0 Å². The molecule has 1 aliphatic heterocycles. The first kappa shape index (κ1) is 34.2. The molecule has 1 saturated heterocycles. The van der Waals surface area contributed by atoms with Gasteiger partial charge in [-0.25, -0.2) is 4.90 Å². The van der Waals surface area contributed by atoms with Crippen LogP contribution in [0.4, 0.5) is 32.0 Å². The molecule has 1 fully saturated rings. The quantitative estimate of drug-likeness (QED) is 0.154. The number of benzene rings is 2. The normalized spacial score (nSPS) is 22.0. The van der Waals surface area contributed by atoms with Crippen molar-refractivity contribution in [2.24, 2.45) is 23.7 Å². The van der Waals surface area contributed by atoms with Crippen LogP contribution in [0.2, 0.25) is 0 Å². The molecule has 2 aliphatic rings. The van der Waals surface area contributed by atoms with Crippen LogP contribution in [0, 0.1) is 23.7 Å². The molecule has 0 saturated carbocycles. The second-order valence-electron chi connectivity index (χ2n) is 11.8. The molecule has 4 atom stereocenters. The first-order valence-electron chi connectivity index (χ1n) is 14.6. The molecule has 244 valence electrons. The highest BCUT2D eigenvalue weighted by atomic mass is 19.4. The summed E-state index contributed by atoms with van der Waals surface area (Å²) in [5.41, 5.74) is -1.49. The minimum Gasteiger partial charge on any atom is -0.508 e. The number of anilines is 1. The van der Waals surface area contributed by atoms with Crippen molar-refractivity contribution in [3.05, 3.63) is 75.9 Å². The number of aliphatic hydroxyl groups is 2. The third-order valence-corrected chi connectivity index (χ3v) is 8.64. The molecule has 0 aromatic heterocycles. The summed E-state index contributed by atoms with van der Waals surface area (Å²) in [6.45, 7) is 4.86. The van der Waals surface area contributed by atoms with Crippen molar-refractivity contribution in [3.63, 3.8) is 0 Å². The summed E-state index contributed by atoms with van der Waals surface area (Å²) in [4.78, 5) is 27.7. The standard InChI is InChI=1S/C33H35F6NO5/c1-4-18(10-19-6-5-7-23(42)11-19)8-9-27(43)28-24(17(2)3)15-25-29(26(28)16-41)31(45)40(30(25)44)22-13-20(32(34,35)36)12-21(14-22)33(37,38)39/h5-7,10-14,17,25-27,29,41-43H,4,8-9,15-16H2,1-3H3/b18-10+/t25-,26+,27-,29-/m1/s1. The molecule has 0 unspecified atom stereocenters. The van der Waals surface area contributed by atoms with E-state index in [1.54, 1.807) is 26.0 Å². The molecule has 0 spiro atoms. The fourth-order valence-electron chi connectivity index (χ4n) is 6.45. The van der Waals surface area contributed by atoms with Crippen LogP contribution in [-0.4, -0.2) is 39.8 Å². The van der Waals surface area contributed by atoms with E-state index < -0.39 is 71.4 Å². The Morgan fingerprint density at radius 2 is 1.62 bits per heavy atom. The predicted octanol–water partition coefficient (Wildman–Crippen LogP) is 7.13. The summed E-state index contributed by atoms with van der Waals surface area (Å²) in [6, 6.07) is 7.23. The summed E-state index contributed by atoms with van der Waals surface area (Å²) in [5.74, 6) is -5.63. The second kappa shape index (κ2) is 13.0. The topological polar surface area (TPSA) is 98.1 Å². The maximum Gasteiger partial charge on any atom is 0.416 e. The summed E-state index contributed by atoms with van der Waals surface area (Å²) in [5, 5.41) is 31.7. The summed E-state index contributed by atoms with van der Waals surface area (Å²) in [7, 11) is 0. The number of phenolic OH excluding ortho intramolecular Hbond substituents is 1. The average Bonchev–Trinajstić information content (AvgIpc) is 3.21. The number of hydrogen-bond donors (Lipinski definition) is 3. The van der Waals surface area contributed by atoms with Crippen LogP contribution in [-0.2, 0) is 21.9 Å². The zero-order valence-electron chi connectivity index (χ0n) is 24.9. The number of phenols is 1. The molecular weight excluding hydrogens is 604 g/mol. The van der Waals surface area contributed by atoms with Crippen LogP contribution in [0.1, 0.15) is 63.1 Å². The smallest absolute Gasteiger partial charge is 0.416 e. The van der Waals surface area contributed by atoms with Crippen molar-refractivity contribution < 1.29 is 51.3 Å². The van der Waals surface area contributed by atoms with Gasteiger partial charge < -0.3 is 15.3 Å². The van der Waals surface area contributed by atoms with Gasteiger partial charge in [-0.05, 0) is 73.1 Å². The van der Waals surface area contributed by atoms with E-state index in [1.165, 1.54) is 6.07 Å². The number of carbonyl (C=O) groups is 2. The van der Waals surface area contributed by atoms with Crippen molar-refractivity contribution in [2.75, 3.05) is 11.5 Å². The Morgan fingerprint density at radius 3 is 2.13 bits per heavy atom. The number of nitrogens with zero attached hydrogens (tertiary/aromatic N) is 1. The van der Waals surface area contributed by atoms with Gasteiger partial charge in [-0.1, -0.05) is 50.1 Å². The van der Waals surface area contributed by atoms with E-state index in [0.717, 1.165) is 11.1 Å². The van der Waals surface area contributed by atoms with Gasteiger partial charge in [0, 0.05) is 5.92 Å². The minimum atomic E-state index is -5.18. The summed E-state index contributed by atoms with van der Waals surface area (Å²) in [6.07, 6.45) is -8.45. The lowest BCUT2D eigenvalue weighted by Crippen LogP contribution is -2.40. The SMILES string of the molecule is CC/C(=C\c1cccc(O)c1)CC[C@@H](O)C1=C(C(C)C)C[C@H]2C(=O)N(c3cc(C(F)(F)F)cc(C(F)(F)F)c3)C(=O)[C@H]2[C@H]1CO. The summed E-state index contributed by atoms with van der Waals surface area (Å²) >= 11 is 0. The van der Waals surface area contributed by atoms with Crippen LogP contribution in [0.3, 0.4) is 0 Å². The maximum atomic E-state index is 13.7. The van der Waals surface area contributed by atoms with Crippen molar-refractivity contribution in [3.8, 4) is 5.75 Å². The average molecular weight is 640 g/mol. The van der Waals surface area contributed by atoms with Crippen LogP contribution < -0.4 is 4.90 Å². The number of halogens is 6. The number of hydrogen-bond acceptors (Lipinski definition) is 5. The van der Waals surface area contributed by atoms with E-state index >= 15 is 0 Å². The molecule has 12 heteroatoms. The first-order valence-corrected chi connectivity index (χ1v) is 14.6. The Hall–Kier alpha value is -3.64. The number of fused-ring (bicyclic) bond motifs is 1. The van der Waals surface area contributed by atoms with Gasteiger partial charge in [-0.3, -0.25) is 9.59 Å². The van der Waals surface area contributed by atoms with Gasteiger partial charge in [0.05, 0.1) is 41.4 Å². The predicted molar refractivity (Wildman–Crippen MR) is 155 cm³/mol. The molecule has 4 rings (SSSR count). The number of aromatic hydroxyl groups is 1. The van der Waals surface area contributed by atoms with Crippen LogP contribution in [0.25, 0.3) is 6.08 Å². The van der Waals surface area contributed by atoms with E-state index in [2.05, 4.69) is 0 Å². The Morgan fingerprint density at radius 1 is 1.00 bits per heavy atom. The zero-order chi connectivity index (χ0) is 33.4. The van der Waals surface area contributed by atoms with Crippen molar-refractivity contribution >= 4 is 23.6 Å².